The van der Waals surface area contributed by atoms with Crippen molar-refractivity contribution in [2.24, 2.45) is 0 Å². The molecule has 4 nitrogen and oxygen atoms in total. The Hall–Kier alpha value is -2.25. The number of hydrogen-bond donors (Lipinski definition) is 1. The number of carbonyl (C=O) groups excluding carboxylic acids is 1. The molecule has 0 unspecified atom stereocenters. The van der Waals surface area contributed by atoms with Crippen molar-refractivity contribution in [1.29, 1.82) is 0 Å². The Morgan fingerprint density at radius 1 is 1.31 bits per heavy atom. The van der Waals surface area contributed by atoms with Crippen LogP contribution in [0.25, 0.3) is 10.2 Å². The molecule has 0 aliphatic rings. The van der Waals surface area contributed by atoms with Crippen LogP contribution in [0.15, 0.2) is 30.3 Å². The van der Waals surface area contributed by atoms with Crippen molar-refractivity contribution in [3.63, 3.8) is 0 Å². The first-order valence-corrected chi connectivity index (χ1v) is 9.13. The van der Waals surface area contributed by atoms with Crippen LogP contribution >= 0.6 is 22.9 Å². The Balaban J connectivity index is 1.79. The van der Waals surface area contributed by atoms with E-state index in [2.05, 4.69) is 10.3 Å². The Bertz CT molecular complexity index is 962. The van der Waals surface area contributed by atoms with Crippen LogP contribution in [0.1, 0.15) is 28.7 Å². The van der Waals surface area contributed by atoms with Gasteiger partial charge >= 0.3 is 0 Å². The summed E-state index contributed by atoms with van der Waals surface area (Å²) in [6.07, 6.45) is 0.660. The minimum atomic E-state index is -1.03. The molecule has 3 aromatic rings. The minimum Gasteiger partial charge on any atom is -0.483 e. The summed E-state index contributed by atoms with van der Waals surface area (Å²) >= 11 is 7.32. The molecule has 1 amide bonds. The van der Waals surface area contributed by atoms with Crippen molar-refractivity contribution in [3.05, 3.63) is 57.6 Å². The van der Waals surface area contributed by atoms with Crippen LogP contribution in [0, 0.1) is 11.6 Å². The lowest BCUT2D eigenvalue weighted by atomic mass is 10.1. The predicted octanol–water partition coefficient (Wildman–Crippen LogP) is 4.95. The van der Waals surface area contributed by atoms with Crippen molar-refractivity contribution < 1.29 is 18.3 Å². The Labute approximate surface area is 157 Å². The van der Waals surface area contributed by atoms with E-state index in [1.807, 2.05) is 13.0 Å². The number of ether oxygens (including phenoxy) is 1. The van der Waals surface area contributed by atoms with Gasteiger partial charge in [0.25, 0.3) is 5.91 Å². The largest absolute Gasteiger partial charge is 0.483 e. The summed E-state index contributed by atoms with van der Waals surface area (Å²) in [5.41, 5.74) is 0.0762. The van der Waals surface area contributed by atoms with Gasteiger partial charge in [0.05, 0.1) is 10.2 Å². The van der Waals surface area contributed by atoms with E-state index in [4.69, 9.17) is 16.3 Å². The van der Waals surface area contributed by atoms with Crippen LogP contribution in [-0.4, -0.2) is 17.4 Å². The molecule has 0 spiro atoms. The summed E-state index contributed by atoms with van der Waals surface area (Å²) in [6.45, 7) is 2.17. The maximum absolute atomic E-state index is 14.5. The van der Waals surface area contributed by atoms with E-state index < -0.39 is 23.1 Å². The molecule has 0 saturated heterocycles. The summed E-state index contributed by atoms with van der Waals surface area (Å²) in [7, 11) is 0. The van der Waals surface area contributed by atoms with Crippen LogP contribution in [0.5, 0.6) is 5.75 Å². The molecule has 0 radical (unpaired) electrons. The van der Waals surface area contributed by atoms with Gasteiger partial charge in [-0.3, -0.25) is 4.79 Å². The molecule has 1 N–H and O–H groups in total. The monoisotopic (exact) mass is 396 g/mol. The highest BCUT2D eigenvalue weighted by Crippen LogP contribution is 2.28. The number of amides is 1. The van der Waals surface area contributed by atoms with Crippen molar-refractivity contribution >= 4 is 39.1 Å². The van der Waals surface area contributed by atoms with Gasteiger partial charge in [-0.25, -0.2) is 13.8 Å². The second kappa shape index (κ2) is 7.97. The van der Waals surface area contributed by atoms with Gasteiger partial charge < -0.3 is 10.1 Å². The second-order valence-corrected chi connectivity index (χ2v) is 7.05. The zero-order valence-electron chi connectivity index (χ0n) is 13.8. The summed E-state index contributed by atoms with van der Waals surface area (Å²) < 4.78 is 34.7. The molecule has 26 heavy (non-hydrogen) atoms. The number of hydrogen-bond acceptors (Lipinski definition) is 4. The van der Waals surface area contributed by atoms with Crippen molar-refractivity contribution in [2.45, 2.75) is 20.0 Å². The lowest BCUT2D eigenvalue weighted by Crippen LogP contribution is -2.26. The van der Waals surface area contributed by atoms with Gasteiger partial charge in [0.2, 0.25) is 0 Å². The van der Waals surface area contributed by atoms with Crippen molar-refractivity contribution in [2.75, 3.05) is 6.54 Å². The van der Waals surface area contributed by atoms with Gasteiger partial charge in [-0.15, -0.1) is 11.3 Å². The van der Waals surface area contributed by atoms with E-state index in [1.165, 1.54) is 11.3 Å². The van der Waals surface area contributed by atoms with Gasteiger partial charge in [0, 0.05) is 11.6 Å². The summed E-state index contributed by atoms with van der Waals surface area (Å²) in [4.78, 5) is 16.3. The lowest BCUT2D eigenvalue weighted by molar-refractivity contribution is 0.0944. The van der Waals surface area contributed by atoms with Crippen molar-refractivity contribution in [1.82, 2.24) is 10.3 Å². The number of halogens is 3. The standard InChI is InChI=1S/C18H15ClF2N2O2S/c1-2-7-22-18(24)16-11(20)4-5-13(17(16)21)25-9-15-23-12-8-10(19)3-6-14(12)26-15/h3-6,8H,2,7,9H2,1H3,(H,22,24). The molecule has 0 aliphatic carbocycles. The fourth-order valence-corrected chi connectivity index (χ4v) is 3.36. The van der Waals surface area contributed by atoms with E-state index in [0.717, 1.165) is 22.3 Å². The van der Waals surface area contributed by atoms with Gasteiger partial charge in [-0.1, -0.05) is 18.5 Å². The molecule has 0 saturated carbocycles. The maximum Gasteiger partial charge on any atom is 0.257 e. The van der Waals surface area contributed by atoms with E-state index in [9.17, 15) is 13.6 Å². The van der Waals surface area contributed by atoms with E-state index in [1.54, 1.807) is 12.1 Å². The Morgan fingerprint density at radius 3 is 2.88 bits per heavy atom. The molecule has 8 heteroatoms. The zero-order chi connectivity index (χ0) is 18.7. The third kappa shape index (κ3) is 3.94. The first-order valence-electron chi connectivity index (χ1n) is 7.93. The summed E-state index contributed by atoms with van der Waals surface area (Å²) in [5, 5.41) is 3.64. The first-order chi connectivity index (χ1) is 12.5. The molecule has 0 bridgehead atoms. The number of fused-ring (bicyclic) bond motifs is 1. The third-order valence-electron chi connectivity index (χ3n) is 3.56. The molecule has 0 atom stereocenters. The number of thiazole rings is 1. The first kappa shape index (κ1) is 18.5. The SMILES string of the molecule is CCCNC(=O)c1c(F)ccc(OCc2nc3cc(Cl)ccc3s2)c1F. The number of aromatic nitrogens is 1. The molecule has 0 aliphatic heterocycles. The molecule has 1 heterocycles. The molecular formula is C18H15ClF2N2O2S. The lowest BCUT2D eigenvalue weighted by Gasteiger charge is -2.10. The van der Waals surface area contributed by atoms with Crippen LogP contribution in [0.2, 0.25) is 5.02 Å². The van der Waals surface area contributed by atoms with Gasteiger partial charge in [0.1, 0.15) is 23.0 Å². The Morgan fingerprint density at radius 2 is 2.12 bits per heavy atom. The van der Waals surface area contributed by atoms with E-state index in [-0.39, 0.29) is 12.4 Å². The van der Waals surface area contributed by atoms with Crippen LogP contribution in [0.3, 0.4) is 0 Å². The molecule has 1 aromatic heterocycles. The normalized spacial score (nSPS) is 10.9. The van der Waals surface area contributed by atoms with E-state index in [0.29, 0.717) is 23.0 Å². The van der Waals surface area contributed by atoms with E-state index >= 15 is 0 Å². The number of nitrogens with zero attached hydrogens (tertiary/aromatic N) is 1. The average molecular weight is 397 g/mol. The van der Waals surface area contributed by atoms with Gasteiger partial charge in [-0.2, -0.15) is 0 Å². The van der Waals surface area contributed by atoms with Crippen LogP contribution < -0.4 is 10.1 Å². The van der Waals surface area contributed by atoms with Crippen molar-refractivity contribution in [3.8, 4) is 5.75 Å². The molecule has 2 aromatic carbocycles. The molecule has 0 fully saturated rings. The highest BCUT2D eigenvalue weighted by atomic mass is 35.5. The van der Waals surface area contributed by atoms with Crippen LogP contribution in [-0.2, 0) is 6.61 Å². The number of benzene rings is 2. The molecule has 3 rings (SSSR count). The summed E-state index contributed by atoms with van der Waals surface area (Å²) in [6, 6.07) is 7.50. The molecule has 136 valence electrons. The average Bonchev–Trinajstić information content (AvgIpc) is 3.01. The second-order valence-electron chi connectivity index (χ2n) is 5.50. The summed E-state index contributed by atoms with van der Waals surface area (Å²) in [5.74, 6) is -2.96. The Kier molecular flexibility index (Phi) is 5.68. The number of carbonyl (C=O) groups is 1. The molecular weight excluding hydrogens is 382 g/mol. The van der Waals surface area contributed by atoms with Crippen LogP contribution in [0.4, 0.5) is 8.78 Å². The number of nitrogens with one attached hydrogen (secondary N) is 1. The fourth-order valence-electron chi connectivity index (χ4n) is 2.33. The predicted molar refractivity (Wildman–Crippen MR) is 97.9 cm³/mol. The third-order valence-corrected chi connectivity index (χ3v) is 4.81. The minimum absolute atomic E-state index is 0.00443. The topological polar surface area (TPSA) is 51.2 Å². The fraction of sp³-hybridized carbons (Fsp3) is 0.222. The quantitative estimate of drug-likeness (QED) is 0.641. The van der Waals surface area contributed by atoms with Gasteiger partial charge in [0.15, 0.2) is 11.6 Å². The maximum atomic E-state index is 14.5. The zero-order valence-corrected chi connectivity index (χ0v) is 15.4. The highest BCUT2D eigenvalue weighted by Gasteiger charge is 2.21. The highest BCUT2D eigenvalue weighted by molar-refractivity contribution is 7.18. The number of rotatable bonds is 6. The smallest absolute Gasteiger partial charge is 0.257 e. The van der Waals surface area contributed by atoms with Gasteiger partial charge in [-0.05, 0) is 36.8 Å².